The lowest BCUT2D eigenvalue weighted by atomic mass is 9.92. The number of urea groups is 1. The van der Waals surface area contributed by atoms with Crippen LogP contribution in [-0.2, 0) is 0 Å². The first-order chi connectivity index (χ1) is 15.8. The first-order valence-corrected chi connectivity index (χ1v) is 12.0. The van der Waals surface area contributed by atoms with Gasteiger partial charge in [-0.2, -0.15) is 4.98 Å². The molecule has 174 valence electrons. The summed E-state index contributed by atoms with van der Waals surface area (Å²) < 4.78 is 5.58. The van der Waals surface area contributed by atoms with Gasteiger partial charge in [0.25, 0.3) is 0 Å². The Labute approximate surface area is 200 Å². The Hall–Kier alpha value is -2.86. The second-order valence-electron chi connectivity index (χ2n) is 9.30. The summed E-state index contributed by atoms with van der Waals surface area (Å²) >= 11 is 6.09. The van der Waals surface area contributed by atoms with Crippen molar-refractivity contribution in [3.05, 3.63) is 64.5 Å². The van der Waals surface area contributed by atoms with E-state index in [9.17, 15) is 4.79 Å². The molecule has 1 aliphatic rings. The van der Waals surface area contributed by atoms with Gasteiger partial charge in [0.05, 0.1) is 5.92 Å². The van der Waals surface area contributed by atoms with Crippen LogP contribution in [0, 0.1) is 0 Å². The number of halogens is 1. The van der Waals surface area contributed by atoms with Crippen LogP contribution in [0.25, 0.3) is 11.4 Å². The zero-order valence-electron chi connectivity index (χ0n) is 19.6. The van der Waals surface area contributed by atoms with Gasteiger partial charge in [0.1, 0.15) is 0 Å². The van der Waals surface area contributed by atoms with E-state index >= 15 is 0 Å². The fourth-order valence-corrected chi connectivity index (χ4v) is 4.58. The molecule has 3 aromatic rings. The fourth-order valence-electron chi connectivity index (χ4n) is 4.39. The van der Waals surface area contributed by atoms with Crippen molar-refractivity contribution in [1.29, 1.82) is 0 Å². The van der Waals surface area contributed by atoms with Gasteiger partial charge in [-0.25, -0.2) is 4.79 Å². The van der Waals surface area contributed by atoms with Crippen molar-refractivity contribution in [1.82, 2.24) is 15.0 Å². The van der Waals surface area contributed by atoms with E-state index in [1.807, 2.05) is 29.2 Å². The molecule has 1 N–H and O–H groups in total. The lowest BCUT2D eigenvalue weighted by Crippen LogP contribution is -2.42. The van der Waals surface area contributed by atoms with Crippen molar-refractivity contribution in [3.63, 3.8) is 0 Å². The molecular weight excluding hydrogens is 436 g/mol. The van der Waals surface area contributed by atoms with Gasteiger partial charge in [-0.1, -0.05) is 74.8 Å². The van der Waals surface area contributed by atoms with Crippen LogP contribution in [-0.4, -0.2) is 34.2 Å². The van der Waals surface area contributed by atoms with E-state index in [1.54, 1.807) is 0 Å². The van der Waals surface area contributed by atoms with Crippen LogP contribution in [0.5, 0.6) is 0 Å². The van der Waals surface area contributed by atoms with Crippen LogP contribution in [0.1, 0.15) is 75.3 Å². The molecule has 0 bridgehead atoms. The number of nitrogens with one attached hydrogen (secondary N) is 1. The molecule has 1 aliphatic heterocycles. The molecule has 2 heterocycles. The Morgan fingerprint density at radius 2 is 1.82 bits per heavy atom. The van der Waals surface area contributed by atoms with E-state index in [2.05, 4.69) is 61.4 Å². The molecule has 0 saturated carbocycles. The van der Waals surface area contributed by atoms with Crippen molar-refractivity contribution < 1.29 is 9.32 Å². The second-order valence-corrected chi connectivity index (χ2v) is 9.74. The minimum Gasteiger partial charge on any atom is -0.339 e. The van der Waals surface area contributed by atoms with Gasteiger partial charge in [0.15, 0.2) is 0 Å². The van der Waals surface area contributed by atoms with Crippen LogP contribution in [0.3, 0.4) is 0 Å². The summed E-state index contributed by atoms with van der Waals surface area (Å²) in [7, 11) is 0. The third-order valence-electron chi connectivity index (χ3n) is 6.19. The maximum absolute atomic E-state index is 13.3. The lowest BCUT2D eigenvalue weighted by molar-refractivity contribution is 0.184. The van der Waals surface area contributed by atoms with E-state index in [0.717, 1.165) is 35.2 Å². The molecule has 1 fully saturated rings. The van der Waals surface area contributed by atoms with Crippen LogP contribution in [0.15, 0.2) is 47.0 Å². The van der Waals surface area contributed by atoms with Crippen LogP contribution >= 0.6 is 11.6 Å². The number of benzene rings is 2. The number of piperidine rings is 1. The molecule has 4 rings (SSSR count). The topological polar surface area (TPSA) is 71.3 Å². The average molecular weight is 467 g/mol. The van der Waals surface area contributed by atoms with Crippen LogP contribution in [0.2, 0.25) is 5.02 Å². The van der Waals surface area contributed by atoms with E-state index in [4.69, 9.17) is 16.1 Å². The summed E-state index contributed by atoms with van der Waals surface area (Å²) in [4.78, 5) is 19.8. The first kappa shape index (κ1) is 23.3. The zero-order valence-corrected chi connectivity index (χ0v) is 20.4. The van der Waals surface area contributed by atoms with Crippen molar-refractivity contribution >= 4 is 23.3 Å². The third-order valence-corrected chi connectivity index (χ3v) is 6.42. The van der Waals surface area contributed by atoms with Crippen molar-refractivity contribution in [2.75, 3.05) is 18.4 Å². The summed E-state index contributed by atoms with van der Waals surface area (Å²) in [6, 6.07) is 13.6. The molecule has 0 aliphatic carbocycles. The minimum absolute atomic E-state index is 0.00912. The molecule has 1 saturated heterocycles. The van der Waals surface area contributed by atoms with Gasteiger partial charge in [-0.3, -0.25) is 0 Å². The quantitative estimate of drug-likeness (QED) is 0.437. The van der Waals surface area contributed by atoms with Crippen molar-refractivity contribution in [2.45, 2.75) is 58.3 Å². The predicted octanol–water partition coefficient (Wildman–Crippen LogP) is 7.05. The largest absolute Gasteiger partial charge is 0.339 e. The van der Waals surface area contributed by atoms with E-state index in [1.165, 1.54) is 0 Å². The van der Waals surface area contributed by atoms with Gasteiger partial charge in [-0.05, 0) is 47.9 Å². The van der Waals surface area contributed by atoms with Gasteiger partial charge in [0.2, 0.25) is 11.7 Å². The summed E-state index contributed by atoms with van der Waals surface area (Å²) in [5.41, 5.74) is 4.07. The maximum Gasteiger partial charge on any atom is 0.321 e. The average Bonchev–Trinajstić information content (AvgIpc) is 3.29. The highest BCUT2D eigenvalue weighted by molar-refractivity contribution is 6.30. The van der Waals surface area contributed by atoms with Gasteiger partial charge in [0, 0.05) is 29.4 Å². The smallest absolute Gasteiger partial charge is 0.321 e. The number of para-hydroxylation sites is 1. The first-order valence-electron chi connectivity index (χ1n) is 11.6. The highest BCUT2D eigenvalue weighted by Crippen LogP contribution is 2.34. The number of rotatable bonds is 5. The molecule has 2 amide bonds. The van der Waals surface area contributed by atoms with E-state index in [-0.39, 0.29) is 11.9 Å². The van der Waals surface area contributed by atoms with E-state index in [0.29, 0.717) is 41.7 Å². The van der Waals surface area contributed by atoms with Crippen LogP contribution in [0.4, 0.5) is 10.5 Å². The summed E-state index contributed by atoms with van der Waals surface area (Å²) in [5.74, 6) is 1.72. The standard InChI is InChI=1S/C26H31ClN4O2/c1-16(2)21-11-6-12-22(17(3)4)23(21)28-26(32)31-13-7-9-19(15-31)25-29-24(30-33-25)18-8-5-10-20(27)14-18/h5-6,8,10-12,14,16-17,19H,7,9,13,15H2,1-4H3,(H,28,32)/t19-/m0/s1. The van der Waals surface area contributed by atoms with E-state index < -0.39 is 0 Å². The number of likely N-dealkylation sites (tertiary alicyclic amines) is 1. The summed E-state index contributed by atoms with van der Waals surface area (Å²) in [5, 5.41) is 7.99. The normalized spacial score (nSPS) is 16.5. The van der Waals surface area contributed by atoms with Gasteiger partial charge < -0.3 is 14.7 Å². The molecule has 0 spiro atoms. The number of nitrogens with zero attached hydrogens (tertiary/aromatic N) is 3. The number of amides is 2. The Balaban J connectivity index is 1.50. The van der Waals surface area contributed by atoms with Gasteiger partial charge >= 0.3 is 6.03 Å². The summed E-state index contributed by atoms with van der Waals surface area (Å²) in [6.07, 6.45) is 1.79. The van der Waals surface area contributed by atoms with Crippen molar-refractivity contribution in [3.8, 4) is 11.4 Å². The zero-order chi connectivity index (χ0) is 23.5. The van der Waals surface area contributed by atoms with Gasteiger partial charge in [-0.15, -0.1) is 0 Å². The number of aromatic nitrogens is 2. The highest BCUT2D eigenvalue weighted by Gasteiger charge is 2.29. The SMILES string of the molecule is CC(C)c1cccc(C(C)C)c1NC(=O)N1CCC[C@H](c2nc(-c3cccc(Cl)c3)no2)C1. The Morgan fingerprint density at radius 1 is 1.12 bits per heavy atom. The van der Waals surface area contributed by atoms with Crippen LogP contribution < -0.4 is 5.32 Å². The number of carbonyl (C=O) groups excluding carboxylic acids is 1. The minimum atomic E-state index is -0.0794. The Morgan fingerprint density at radius 3 is 2.48 bits per heavy atom. The molecular formula is C26H31ClN4O2. The second kappa shape index (κ2) is 9.96. The Bertz CT molecular complexity index is 1100. The number of carbonyl (C=O) groups is 1. The predicted molar refractivity (Wildman–Crippen MR) is 132 cm³/mol. The molecule has 2 aromatic carbocycles. The molecule has 1 aromatic heterocycles. The number of hydrogen-bond donors (Lipinski definition) is 1. The Kier molecular flexibility index (Phi) is 7.03. The molecule has 7 heteroatoms. The molecule has 6 nitrogen and oxygen atoms in total. The fraction of sp³-hybridized carbons (Fsp3) is 0.423. The lowest BCUT2D eigenvalue weighted by Gasteiger charge is -2.32. The molecule has 0 unspecified atom stereocenters. The number of anilines is 1. The monoisotopic (exact) mass is 466 g/mol. The number of hydrogen-bond acceptors (Lipinski definition) is 4. The maximum atomic E-state index is 13.3. The van der Waals surface area contributed by atoms with Crippen molar-refractivity contribution in [2.24, 2.45) is 0 Å². The molecule has 0 radical (unpaired) electrons. The third kappa shape index (κ3) is 5.22. The molecule has 1 atom stereocenters. The highest BCUT2D eigenvalue weighted by atomic mass is 35.5. The molecule has 33 heavy (non-hydrogen) atoms. The summed E-state index contributed by atoms with van der Waals surface area (Å²) in [6.45, 7) is 9.86.